The lowest BCUT2D eigenvalue weighted by molar-refractivity contribution is 0.541. The lowest BCUT2D eigenvalue weighted by Gasteiger charge is -2.05. The van der Waals surface area contributed by atoms with Crippen molar-refractivity contribution >= 4 is 9.24 Å². The minimum atomic E-state index is 0.918. The molecule has 1 heteroatoms. The van der Waals surface area contributed by atoms with E-state index in [1.807, 2.05) is 0 Å². The molecule has 0 spiro atoms. The zero-order valence-electron chi connectivity index (χ0n) is 6.69. The minimum Gasteiger partial charge on any atom is -0.137 e. The van der Waals surface area contributed by atoms with E-state index in [1.165, 1.54) is 31.8 Å². The number of unbranched alkanes of at least 4 members (excludes halogenated alkanes) is 2. The van der Waals surface area contributed by atoms with Gasteiger partial charge in [-0.1, -0.05) is 39.5 Å². The van der Waals surface area contributed by atoms with Crippen LogP contribution in [0.2, 0.25) is 0 Å². The molecule has 0 saturated carbocycles. The fourth-order valence-corrected chi connectivity index (χ4v) is 1.10. The number of hydrogen-bond donors (Lipinski definition) is 0. The van der Waals surface area contributed by atoms with Gasteiger partial charge in [-0.15, -0.1) is 9.24 Å². The monoisotopic (exact) mass is 146 g/mol. The van der Waals surface area contributed by atoms with Gasteiger partial charge in [0, 0.05) is 0 Å². The molecule has 0 amide bonds. The maximum atomic E-state index is 2.80. The Kier molecular flexibility index (Phi) is 6.86. The zero-order chi connectivity index (χ0) is 7.11. The van der Waals surface area contributed by atoms with Crippen LogP contribution >= 0.6 is 9.24 Å². The topological polar surface area (TPSA) is 0 Å². The van der Waals surface area contributed by atoms with Gasteiger partial charge in [-0.05, 0) is 12.1 Å². The van der Waals surface area contributed by atoms with Gasteiger partial charge in [0.1, 0.15) is 0 Å². The first-order chi connectivity index (χ1) is 4.31. The van der Waals surface area contributed by atoms with Crippen LogP contribution in [-0.4, -0.2) is 6.16 Å². The molecule has 0 aliphatic heterocycles. The molecule has 0 aromatic heterocycles. The van der Waals surface area contributed by atoms with Crippen molar-refractivity contribution < 1.29 is 0 Å². The van der Waals surface area contributed by atoms with E-state index in [9.17, 15) is 0 Å². The Balaban J connectivity index is 2.88. The van der Waals surface area contributed by atoms with Gasteiger partial charge in [-0.3, -0.25) is 0 Å². The van der Waals surface area contributed by atoms with Gasteiger partial charge in [0.25, 0.3) is 0 Å². The second kappa shape index (κ2) is 6.55. The smallest absolute Gasteiger partial charge is 0.0355 e. The number of hydrogen-bond acceptors (Lipinski definition) is 0. The molecular weight excluding hydrogens is 127 g/mol. The van der Waals surface area contributed by atoms with Crippen LogP contribution in [0.3, 0.4) is 0 Å². The highest BCUT2D eigenvalue weighted by molar-refractivity contribution is 7.16. The fourth-order valence-electron chi connectivity index (χ4n) is 0.861. The van der Waals surface area contributed by atoms with E-state index >= 15 is 0 Å². The van der Waals surface area contributed by atoms with E-state index in [0.29, 0.717) is 0 Å². The SMILES string of the molecule is CCCCCC(C)CP. The van der Waals surface area contributed by atoms with Crippen molar-refractivity contribution in [3.63, 3.8) is 0 Å². The quantitative estimate of drug-likeness (QED) is 0.413. The standard InChI is InChI=1S/C8H19P/c1-3-4-5-6-8(2)7-9/h8H,3-7,9H2,1-2H3. The molecule has 0 bridgehead atoms. The van der Waals surface area contributed by atoms with E-state index in [4.69, 9.17) is 0 Å². The molecule has 56 valence electrons. The predicted octanol–water partition coefficient (Wildman–Crippen LogP) is 3.08. The van der Waals surface area contributed by atoms with Gasteiger partial charge in [0.05, 0.1) is 0 Å². The zero-order valence-corrected chi connectivity index (χ0v) is 7.84. The summed E-state index contributed by atoms with van der Waals surface area (Å²) in [5.41, 5.74) is 0. The average Bonchev–Trinajstić information content (AvgIpc) is 1.89. The summed E-state index contributed by atoms with van der Waals surface area (Å²) in [6.45, 7) is 4.58. The Morgan fingerprint density at radius 1 is 1.33 bits per heavy atom. The second-order valence-electron chi connectivity index (χ2n) is 2.84. The fraction of sp³-hybridized carbons (Fsp3) is 1.00. The third kappa shape index (κ3) is 6.31. The molecule has 2 atom stereocenters. The summed E-state index contributed by atoms with van der Waals surface area (Å²) in [4.78, 5) is 0. The van der Waals surface area contributed by atoms with E-state index in [2.05, 4.69) is 23.1 Å². The third-order valence-electron chi connectivity index (χ3n) is 1.70. The first kappa shape index (κ1) is 9.43. The van der Waals surface area contributed by atoms with E-state index in [1.54, 1.807) is 0 Å². The summed E-state index contributed by atoms with van der Waals surface area (Å²) in [6.07, 6.45) is 6.87. The summed E-state index contributed by atoms with van der Waals surface area (Å²) in [5, 5.41) is 0. The Bertz CT molecular complexity index is 52.5. The van der Waals surface area contributed by atoms with Crippen molar-refractivity contribution in [2.45, 2.75) is 39.5 Å². The van der Waals surface area contributed by atoms with Crippen molar-refractivity contribution in [1.29, 1.82) is 0 Å². The second-order valence-corrected chi connectivity index (χ2v) is 3.31. The summed E-state index contributed by atoms with van der Waals surface area (Å²) < 4.78 is 0. The van der Waals surface area contributed by atoms with Gasteiger partial charge >= 0.3 is 0 Å². The van der Waals surface area contributed by atoms with Crippen LogP contribution in [0.15, 0.2) is 0 Å². The van der Waals surface area contributed by atoms with Crippen LogP contribution in [0.4, 0.5) is 0 Å². The van der Waals surface area contributed by atoms with Crippen LogP contribution in [0.5, 0.6) is 0 Å². The largest absolute Gasteiger partial charge is 0.137 e. The van der Waals surface area contributed by atoms with Crippen LogP contribution < -0.4 is 0 Å². The van der Waals surface area contributed by atoms with E-state index in [0.717, 1.165) is 5.92 Å². The molecule has 0 heterocycles. The molecule has 0 aliphatic rings. The Morgan fingerprint density at radius 2 is 2.00 bits per heavy atom. The summed E-state index contributed by atoms with van der Waals surface area (Å²) in [5.74, 6) is 0.918. The van der Waals surface area contributed by atoms with Gasteiger partial charge in [0.2, 0.25) is 0 Å². The van der Waals surface area contributed by atoms with Crippen molar-refractivity contribution in [3.05, 3.63) is 0 Å². The van der Waals surface area contributed by atoms with Crippen molar-refractivity contribution in [2.24, 2.45) is 5.92 Å². The number of rotatable bonds is 5. The molecule has 0 radical (unpaired) electrons. The third-order valence-corrected chi connectivity index (χ3v) is 2.51. The van der Waals surface area contributed by atoms with Gasteiger partial charge in [-0.25, -0.2) is 0 Å². The van der Waals surface area contributed by atoms with Gasteiger partial charge in [-0.2, -0.15) is 0 Å². The Morgan fingerprint density at radius 3 is 2.44 bits per heavy atom. The summed E-state index contributed by atoms with van der Waals surface area (Å²) in [7, 11) is 2.80. The molecule has 0 aromatic carbocycles. The molecule has 0 saturated heterocycles. The lowest BCUT2D eigenvalue weighted by Crippen LogP contribution is -1.94. The summed E-state index contributed by atoms with van der Waals surface area (Å²) in [6, 6.07) is 0. The molecule has 0 aromatic rings. The molecule has 0 aliphatic carbocycles. The molecule has 0 fully saturated rings. The molecule has 0 nitrogen and oxygen atoms in total. The van der Waals surface area contributed by atoms with Crippen LogP contribution in [0.1, 0.15) is 39.5 Å². The first-order valence-corrected chi connectivity index (χ1v) is 4.83. The maximum absolute atomic E-state index is 2.80. The molecular formula is C8H19P. The van der Waals surface area contributed by atoms with Crippen molar-refractivity contribution in [3.8, 4) is 0 Å². The highest BCUT2D eigenvalue weighted by atomic mass is 31.0. The Labute approximate surface area is 61.6 Å². The van der Waals surface area contributed by atoms with Crippen molar-refractivity contribution in [2.75, 3.05) is 6.16 Å². The Hall–Kier alpha value is 0.430. The van der Waals surface area contributed by atoms with Gasteiger partial charge in [0.15, 0.2) is 0 Å². The van der Waals surface area contributed by atoms with E-state index in [-0.39, 0.29) is 0 Å². The average molecular weight is 146 g/mol. The molecule has 0 rings (SSSR count). The van der Waals surface area contributed by atoms with Crippen LogP contribution in [-0.2, 0) is 0 Å². The van der Waals surface area contributed by atoms with Crippen molar-refractivity contribution in [1.82, 2.24) is 0 Å². The van der Waals surface area contributed by atoms with Crippen LogP contribution in [0, 0.1) is 5.92 Å². The molecule has 2 unspecified atom stereocenters. The lowest BCUT2D eigenvalue weighted by atomic mass is 10.1. The summed E-state index contributed by atoms with van der Waals surface area (Å²) >= 11 is 0. The molecule has 9 heavy (non-hydrogen) atoms. The first-order valence-electron chi connectivity index (χ1n) is 4.01. The normalized spacial score (nSPS) is 13.7. The highest BCUT2D eigenvalue weighted by Gasteiger charge is 1.95. The highest BCUT2D eigenvalue weighted by Crippen LogP contribution is 2.10. The predicted molar refractivity (Wildman–Crippen MR) is 47.9 cm³/mol. The van der Waals surface area contributed by atoms with Crippen LogP contribution in [0.25, 0.3) is 0 Å². The van der Waals surface area contributed by atoms with Gasteiger partial charge < -0.3 is 0 Å². The minimum absolute atomic E-state index is 0.918. The molecule has 0 N–H and O–H groups in total. The van der Waals surface area contributed by atoms with E-state index < -0.39 is 0 Å². The maximum Gasteiger partial charge on any atom is -0.0355 e.